The topological polar surface area (TPSA) is 61.8 Å². The number of hydrogen-bond donors (Lipinski definition) is 2. The molecule has 0 aliphatic carbocycles. The molecule has 20 heavy (non-hydrogen) atoms. The van der Waals surface area contributed by atoms with Crippen LogP contribution in [-0.2, 0) is 0 Å². The van der Waals surface area contributed by atoms with Crippen LogP contribution in [0.25, 0.3) is 0 Å². The molecule has 5 heteroatoms. The van der Waals surface area contributed by atoms with E-state index in [1.54, 1.807) is 6.07 Å². The molecule has 0 atom stereocenters. The molecule has 1 rings (SSSR count). The van der Waals surface area contributed by atoms with Crippen molar-refractivity contribution in [3.63, 3.8) is 0 Å². The molecule has 0 radical (unpaired) electrons. The third-order valence-electron chi connectivity index (χ3n) is 3.59. The molecule has 0 fully saturated rings. The van der Waals surface area contributed by atoms with E-state index in [0.717, 1.165) is 31.6 Å². The lowest BCUT2D eigenvalue weighted by Crippen LogP contribution is -2.33. The van der Waals surface area contributed by atoms with Crippen molar-refractivity contribution in [2.24, 2.45) is 16.3 Å². The van der Waals surface area contributed by atoms with Gasteiger partial charge in [-0.15, -0.1) is 0 Å². The predicted molar refractivity (Wildman–Crippen MR) is 80.7 cm³/mol. The first-order valence-electron chi connectivity index (χ1n) is 6.89. The van der Waals surface area contributed by atoms with Crippen molar-refractivity contribution in [3.8, 4) is 0 Å². The zero-order valence-electron chi connectivity index (χ0n) is 12.4. The number of nitrogens with two attached hydrogens (primary N) is 1. The van der Waals surface area contributed by atoms with Gasteiger partial charge in [0.15, 0.2) is 0 Å². The van der Waals surface area contributed by atoms with Crippen molar-refractivity contribution in [1.82, 2.24) is 0 Å². The summed E-state index contributed by atoms with van der Waals surface area (Å²) in [6, 6.07) is 6.60. The maximum atomic E-state index is 13.2. The number of rotatable bonds is 7. The first kappa shape index (κ1) is 16.3. The van der Waals surface area contributed by atoms with E-state index < -0.39 is 0 Å². The lowest BCUT2D eigenvalue weighted by Gasteiger charge is -2.27. The van der Waals surface area contributed by atoms with Gasteiger partial charge in [-0.1, -0.05) is 25.1 Å². The largest absolute Gasteiger partial charge is 0.409 e. The highest BCUT2D eigenvalue weighted by Gasteiger charge is 2.23. The Bertz CT molecular complexity index is 460. The molecule has 112 valence electrons. The molecule has 0 spiro atoms. The van der Waals surface area contributed by atoms with Crippen molar-refractivity contribution >= 4 is 11.5 Å². The summed E-state index contributed by atoms with van der Waals surface area (Å²) in [7, 11) is 0. The van der Waals surface area contributed by atoms with E-state index in [4.69, 9.17) is 10.9 Å². The van der Waals surface area contributed by atoms with Crippen LogP contribution in [0.15, 0.2) is 29.4 Å². The molecular formula is C15H24FN3O. The van der Waals surface area contributed by atoms with Crippen molar-refractivity contribution in [2.75, 3.05) is 18.0 Å². The lowest BCUT2D eigenvalue weighted by atomic mass is 9.86. The Kier molecular flexibility index (Phi) is 5.80. The minimum Gasteiger partial charge on any atom is -0.409 e. The van der Waals surface area contributed by atoms with Gasteiger partial charge in [0.1, 0.15) is 11.7 Å². The maximum absolute atomic E-state index is 13.2. The fourth-order valence-corrected chi connectivity index (χ4v) is 2.12. The molecule has 1 aromatic carbocycles. The maximum Gasteiger partial charge on any atom is 0.144 e. The summed E-state index contributed by atoms with van der Waals surface area (Å²) in [5, 5.41) is 11.8. The standard InChI is InChI=1S/C15H24FN3O/c1-4-19(13-8-5-7-12(16)11-13)10-6-9-15(2,3)14(17)18-20/h5,7-8,11,20H,4,6,9-10H2,1-3H3,(H2,17,18). The van der Waals surface area contributed by atoms with Crippen LogP contribution in [0.5, 0.6) is 0 Å². The third kappa shape index (κ3) is 4.40. The minimum absolute atomic E-state index is 0.224. The van der Waals surface area contributed by atoms with Crippen LogP contribution in [-0.4, -0.2) is 24.1 Å². The van der Waals surface area contributed by atoms with Crippen LogP contribution < -0.4 is 10.6 Å². The number of anilines is 1. The van der Waals surface area contributed by atoms with E-state index in [9.17, 15) is 4.39 Å². The van der Waals surface area contributed by atoms with Gasteiger partial charge in [0, 0.05) is 24.2 Å². The van der Waals surface area contributed by atoms with Crippen molar-refractivity contribution in [2.45, 2.75) is 33.6 Å². The highest BCUT2D eigenvalue weighted by Crippen LogP contribution is 2.24. The minimum atomic E-state index is -0.337. The Labute approximate surface area is 120 Å². The Balaban J connectivity index is 2.59. The Morgan fingerprint density at radius 2 is 2.15 bits per heavy atom. The summed E-state index contributed by atoms with van der Waals surface area (Å²) in [5.41, 5.74) is 6.21. The predicted octanol–water partition coefficient (Wildman–Crippen LogP) is 3.20. The molecule has 4 nitrogen and oxygen atoms in total. The zero-order chi connectivity index (χ0) is 15.2. The average molecular weight is 281 g/mol. The SMILES string of the molecule is CCN(CCCC(C)(C)C(N)=NO)c1cccc(F)c1. The molecule has 0 unspecified atom stereocenters. The van der Waals surface area contributed by atoms with E-state index >= 15 is 0 Å². The molecule has 3 N–H and O–H groups in total. The molecule has 0 saturated carbocycles. The molecule has 0 aromatic heterocycles. The van der Waals surface area contributed by atoms with Gasteiger partial charge in [-0.3, -0.25) is 0 Å². The second kappa shape index (κ2) is 7.12. The smallest absolute Gasteiger partial charge is 0.144 e. The highest BCUT2D eigenvalue weighted by atomic mass is 19.1. The molecule has 0 bridgehead atoms. The first-order chi connectivity index (χ1) is 9.40. The Hall–Kier alpha value is -1.78. The monoisotopic (exact) mass is 281 g/mol. The summed E-state index contributed by atoms with van der Waals surface area (Å²) in [5.74, 6) is 0.0178. The average Bonchev–Trinajstić information content (AvgIpc) is 2.42. The van der Waals surface area contributed by atoms with Crippen LogP contribution in [0.2, 0.25) is 0 Å². The van der Waals surface area contributed by atoms with E-state index in [-0.39, 0.29) is 17.1 Å². The van der Waals surface area contributed by atoms with Gasteiger partial charge in [-0.2, -0.15) is 0 Å². The molecule has 0 heterocycles. The van der Waals surface area contributed by atoms with Crippen molar-refractivity contribution in [1.29, 1.82) is 0 Å². The van der Waals surface area contributed by atoms with Gasteiger partial charge in [0.05, 0.1) is 0 Å². The molecule has 0 amide bonds. The van der Waals surface area contributed by atoms with Crippen LogP contribution in [0.3, 0.4) is 0 Å². The molecular weight excluding hydrogens is 257 g/mol. The van der Waals surface area contributed by atoms with E-state index in [0.29, 0.717) is 0 Å². The molecule has 0 aliphatic rings. The number of benzene rings is 1. The number of halogens is 1. The summed E-state index contributed by atoms with van der Waals surface area (Å²) in [4.78, 5) is 2.12. The normalized spacial score (nSPS) is 12.5. The number of hydrogen-bond acceptors (Lipinski definition) is 3. The number of oxime groups is 1. The summed E-state index contributed by atoms with van der Waals surface area (Å²) < 4.78 is 13.2. The second-order valence-corrected chi connectivity index (χ2v) is 5.53. The highest BCUT2D eigenvalue weighted by molar-refractivity contribution is 5.85. The zero-order valence-corrected chi connectivity index (χ0v) is 12.4. The summed E-state index contributed by atoms with van der Waals surface area (Å²) >= 11 is 0. The first-order valence-corrected chi connectivity index (χ1v) is 6.89. The van der Waals surface area contributed by atoms with Crippen molar-refractivity contribution < 1.29 is 9.60 Å². The fourth-order valence-electron chi connectivity index (χ4n) is 2.12. The van der Waals surface area contributed by atoms with Crippen molar-refractivity contribution in [3.05, 3.63) is 30.1 Å². The van der Waals surface area contributed by atoms with Gasteiger partial charge in [-0.25, -0.2) is 4.39 Å². The molecule has 0 saturated heterocycles. The molecule has 0 aliphatic heterocycles. The van der Waals surface area contributed by atoms with Crippen LogP contribution >= 0.6 is 0 Å². The van der Waals surface area contributed by atoms with E-state index in [1.165, 1.54) is 12.1 Å². The van der Waals surface area contributed by atoms with Crippen LogP contribution in [0.1, 0.15) is 33.6 Å². The van der Waals surface area contributed by atoms with Gasteiger partial charge in [-0.05, 0) is 38.0 Å². The Morgan fingerprint density at radius 3 is 2.70 bits per heavy atom. The van der Waals surface area contributed by atoms with Gasteiger partial charge in [0.2, 0.25) is 0 Å². The van der Waals surface area contributed by atoms with Crippen LogP contribution in [0, 0.1) is 11.2 Å². The van der Waals surface area contributed by atoms with Gasteiger partial charge in [0.25, 0.3) is 0 Å². The summed E-state index contributed by atoms with van der Waals surface area (Å²) in [6.07, 6.45) is 1.68. The quantitative estimate of drug-likeness (QED) is 0.349. The molecule has 1 aromatic rings. The van der Waals surface area contributed by atoms with Gasteiger partial charge >= 0.3 is 0 Å². The number of nitrogens with zero attached hydrogens (tertiary/aromatic N) is 2. The van der Waals surface area contributed by atoms with E-state index in [1.807, 2.05) is 26.8 Å². The fraction of sp³-hybridized carbons (Fsp3) is 0.533. The second-order valence-electron chi connectivity index (χ2n) is 5.53. The number of amidine groups is 1. The van der Waals surface area contributed by atoms with E-state index in [2.05, 4.69) is 10.1 Å². The van der Waals surface area contributed by atoms with Gasteiger partial charge < -0.3 is 15.8 Å². The lowest BCUT2D eigenvalue weighted by molar-refractivity contribution is 0.304. The summed E-state index contributed by atoms with van der Waals surface area (Å²) in [6.45, 7) is 7.55. The third-order valence-corrected chi connectivity index (χ3v) is 3.59. The van der Waals surface area contributed by atoms with Crippen LogP contribution in [0.4, 0.5) is 10.1 Å². The Morgan fingerprint density at radius 1 is 1.45 bits per heavy atom.